The van der Waals surface area contributed by atoms with Crippen LogP contribution in [0.3, 0.4) is 0 Å². The Bertz CT molecular complexity index is 315. The molecule has 1 aliphatic heterocycles. The maximum absolute atomic E-state index is 5.20. The first-order chi connectivity index (χ1) is 6.40. The maximum atomic E-state index is 5.20. The predicted molar refractivity (Wildman–Crippen MR) is 51.0 cm³/mol. The number of nitrogens with one attached hydrogen (secondary N) is 1. The molecule has 1 aromatic rings. The van der Waals surface area contributed by atoms with Gasteiger partial charge in [-0.2, -0.15) is 5.10 Å². The first-order valence-corrected chi connectivity index (χ1v) is 4.59. The van der Waals surface area contributed by atoms with Gasteiger partial charge in [0.05, 0.1) is 6.20 Å². The van der Waals surface area contributed by atoms with Gasteiger partial charge < -0.3 is 5.32 Å². The van der Waals surface area contributed by atoms with Crippen LogP contribution < -0.4 is 5.32 Å². The standard InChI is InChI=1S/C10H13N3/c1-2-6-13-8-9(7-12-13)10-4-3-5-11-10/h1,7-8,10-11H,3-6H2. The predicted octanol–water partition coefficient (Wildman–Crippen LogP) is 0.941. The molecule has 1 unspecified atom stereocenters. The van der Waals surface area contributed by atoms with Crippen LogP contribution in [0.5, 0.6) is 0 Å². The van der Waals surface area contributed by atoms with Crippen LogP contribution in [-0.4, -0.2) is 16.3 Å². The molecule has 1 saturated heterocycles. The van der Waals surface area contributed by atoms with Crippen molar-refractivity contribution in [3.05, 3.63) is 18.0 Å². The Hall–Kier alpha value is -1.27. The van der Waals surface area contributed by atoms with Crippen molar-refractivity contribution in [2.24, 2.45) is 0 Å². The zero-order valence-corrected chi connectivity index (χ0v) is 7.53. The largest absolute Gasteiger partial charge is 0.310 e. The first-order valence-electron chi connectivity index (χ1n) is 4.59. The molecule has 1 atom stereocenters. The molecule has 3 heteroatoms. The van der Waals surface area contributed by atoms with E-state index in [1.54, 1.807) is 4.68 Å². The molecule has 1 N–H and O–H groups in total. The van der Waals surface area contributed by atoms with E-state index in [0.717, 1.165) is 6.54 Å². The van der Waals surface area contributed by atoms with Gasteiger partial charge in [0, 0.05) is 17.8 Å². The molecular formula is C10H13N3. The molecule has 0 bridgehead atoms. The van der Waals surface area contributed by atoms with E-state index in [1.165, 1.54) is 18.4 Å². The number of rotatable bonds is 2. The van der Waals surface area contributed by atoms with E-state index >= 15 is 0 Å². The lowest BCUT2D eigenvalue weighted by atomic mass is 10.1. The molecule has 3 nitrogen and oxygen atoms in total. The monoisotopic (exact) mass is 175 g/mol. The summed E-state index contributed by atoms with van der Waals surface area (Å²) < 4.78 is 1.80. The van der Waals surface area contributed by atoms with Crippen molar-refractivity contribution in [3.63, 3.8) is 0 Å². The van der Waals surface area contributed by atoms with Gasteiger partial charge in [-0.15, -0.1) is 6.42 Å². The molecule has 13 heavy (non-hydrogen) atoms. The summed E-state index contributed by atoms with van der Waals surface area (Å²) in [7, 11) is 0. The Morgan fingerprint density at radius 1 is 1.77 bits per heavy atom. The van der Waals surface area contributed by atoms with Gasteiger partial charge in [-0.3, -0.25) is 4.68 Å². The second-order valence-corrected chi connectivity index (χ2v) is 3.32. The Morgan fingerprint density at radius 3 is 3.38 bits per heavy atom. The SMILES string of the molecule is C#CCn1cc(C2CCCN2)cn1. The van der Waals surface area contributed by atoms with Crippen molar-refractivity contribution < 1.29 is 0 Å². The number of nitrogens with zero attached hydrogens (tertiary/aromatic N) is 2. The van der Waals surface area contributed by atoms with Crippen molar-refractivity contribution in [2.75, 3.05) is 6.54 Å². The Balaban J connectivity index is 2.08. The van der Waals surface area contributed by atoms with Gasteiger partial charge in [-0.25, -0.2) is 0 Å². The average molecular weight is 175 g/mol. The third kappa shape index (κ3) is 1.73. The highest BCUT2D eigenvalue weighted by Crippen LogP contribution is 2.21. The van der Waals surface area contributed by atoms with Gasteiger partial charge in [0.2, 0.25) is 0 Å². The molecule has 1 aliphatic rings. The molecule has 0 radical (unpaired) electrons. The van der Waals surface area contributed by atoms with Gasteiger partial charge in [0.1, 0.15) is 6.54 Å². The quantitative estimate of drug-likeness (QED) is 0.678. The molecular weight excluding hydrogens is 162 g/mol. The van der Waals surface area contributed by atoms with Crippen molar-refractivity contribution in [2.45, 2.75) is 25.4 Å². The Kier molecular flexibility index (Phi) is 2.33. The third-order valence-electron chi connectivity index (χ3n) is 2.37. The summed E-state index contributed by atoms with van der Waals surface area (Å²) in [5.41, 5.74) is 1.26. The number of aromatic nitrogens is 2. The Labute approximate surface area is 78.1 Å². The number of terminal acetylenes is 1. The minimum absolute atomic E-state index is 0.492. The summed E-state index contributed by atoms with van der Waals surface area (Å²) in [4.78, 5) is 0. The fraction of sp³-hybridized carbons (Fsp3) is 0.500. The second kappa shape index (κ2) is 3.63. The summed E-state index contributed by atoms with van der Waals surface area (Å²) in [6, 6.07) is 0.492. The van der Waals surface area contributed by atoms with E-state index in [2.05, 4.69) is 16.3 Å². The van der Waals surface area contributed by atoms with Gasteiger partial charge >= 0.3 is 0 Å². The molecule has 1 aromatic heterocycles. The summed E-state index contributed by atoms with van der Waals surface area (Å²) >= 11 is 0. The normalized spacial score (nSPS) is 21.6. The van der Waals surface area contributed by atoms with Crippen molar-refractivity contribution in [1.29, 1.82) is 0 Å². The molecule has 68 valence electrons. The van der Waals surface area contributed by atoms with Crippen LogP contribution in [0, 0.1) is 12.3 Å². The number of hydrogen-bond acceptors (Lipinski definition) is 2. The fourth-order valence-corrected chi connectivity index (χ4v) is 1.71. The van der Waals surface area contributed by atoms with Gasteiger partial charge in [0.25, 0.3) is 0 Å². The van der Waals surface area contributed by atoms with Crippen LogP contribution in [0.25, 0.3) is 0 Å². The van der Waals surface area contributed by atoms with Gasteiger partial charge in [-0.1, -0.05) is 5.92 Å². The molecule has 2 heterocycles. The van der Waals surface area contributed by atoms with E-state index < -0.39 is 0 Å². The Morgan fingerprint density at radius 2 is 2.69 bits per heavy atom. The van der Waals surface area contributed by atoms with E-state index in [4.69, 9.17) is 6.42 Å². The van der Waals surface area contributed by atoms with Gasteiger partial charge in [0.15, 0.2) is 0 Å². The first kappa shape index (κ1) is 8.33. The lowest BCUT2D eigenvalue weighted by Crippen LogP contribution is -2.12. The van der Waals surface area contributed by atoms with E-state index in [1.807, 2.05) is 12.4 Å². The van der Waals surface area contributed by atoms with Crippen molar-refractivity contribution in [1.82, 2.24) is 15.1 Å². The molecule has 0 aromatic carbocycles. The lowest BCUT2D eigenvalue weighted by molar-refractivity contribution is 0.644. The van der Waals surface area contributed by atoms with Crippen LogP contribution in [0.1, 0.15) is 24.4 Å². The molecule has 2 rings (SSSR count). The number of hydrogen-bond donors (Lipinski definition) is 1. The second-order valence-electron chi connectivity index (χ2n) is 3.32. The summed E-state index contributed by atoms with van der Waals surface area (Å²) in [5.74, 6) is 2.57. The van der Waals surface area contributed by atoms with Crippen molar-refractivity contribution in [3.8, 4) is 12.3 Å². The van der Waals surface area contributed by atoms with Crippen molar-refractivity contribution >= 4 is 0 Å². The summed E-state index contributed by atoms with van der Waals surface area (Å²) in [6.07, 6.45) is 11.6. The summed E-state index contributed by atoms with van der Waals surface area (Å²) in [5, 5.41) is 7.61. The average Bonchev–Trinajstić information content (AvgIpc) is 2.70. The summed E-state index contributed by atoms with van der Waals surface area (Å²) in [6.45, 7) is 1.68. The van der Waals surface area contributed by atoms with Crippen LogP contribution in [0.4, 0.5) is 0 Å². The molecule has 0 spiro atoms. The highest BCUT2D eigenvalue weighted by atomic mass is 15.3. The van der Waals surface area contributed by atoms with Crippen LogP contribution in [-0.2, 0) is 6.54 Å². The highest BCUT2D eigenvalue weighted by molar-refractivity contribution is 5.12. The minimum Gasteiger partial charge on any atom is -0.310 e. The highest BCUT2D eigenvalue weighted by Gasteiger charge is 2.17. The van der Waals surface area contributed by atoms with E-state index in [0.29, 0.717) is 12.6 Å². The van der Waals surface area contributed by atoms with E-state index in [9.17, 15) is 0 Å². The molecule has 0 amide bonds. The smallest absolute Gasteiger partial charge is 0.101 e. The maximum Gasteiger partial charge on any atom is 0.101 e. The zero-order valence-electron chi connectivity index (χ0n) is 7.53. The van der Waals surface area contributed by atoms with Crippen LogP contribution in [0.2, 0.25) is 0 Å². The molecule has 0 saturated carbocycles. The fourth-order valence-electron chi connectivity index (χ4n) is 1.71. The van der Waals surface area contributed by atoms with Crippen LogP contribution >= 0.6 is 0 Å². The minimum atomic E-state index is 0.492. The van der Waals surface area contributed by atoms with E-state index in [-0.39, 0.29) is 0 Å². The molecule has 1 fully saturated rings. The lowest BCUT2D eigenvalue weighted by Gasteiger charge is -2.05. The third-order valence-corrected chi connectivity index (χ3v) is 2.37. The topological polar surface area (TPSA) is 29.9 Å². The zero-order chi connectivity index (χ0) is 9.10. The molecule has 0 aliphatic carbocycles. The van der Waals surface area contributed by atoms with Crippen LogP contribution in [0.15, 0.2) is 12.4 Å². The van der Waals surface area contributed by atoms with Gasteiger partial charge in [-0.05, 0) is 19.4 Å².